The van der Waals surface area contributed by atoms with E-state index in [1.807, 2.05) is 30.4 Å². The van der Waals surface area contributed by atoms with Gasteiger partial charge in [-0.1, -0.05) is 35.9 Å². The van der Waals surface area contributed by atoms with Crippen molar-refractivity contribution >= 4 is 28.6 Å². The molecule has 3 nitrogen and oxygen atoms in total. The van der Waals surface area contributed by atoms with Gasteiger partial charge < -0.3 is 5.73 Å². The molecule has 0 spiro atoms. The van der Waals surface area contributed by atoms with Crippen molar-refractivity contribution in [2.24, 2.45) is 5.73 Å². The van der Waals surface area contributed by atoms with Gasteiger partial charge in [0.25, 0.3) is 0 Å². The summed E-state index contributed by atoms with van der Waals surface area (Å²) < 4.78 is 0. The molecule has 1 aromatic heterocycles. The lowest BCUT2D eigenvalue weighted by molar-refractivity contribution is 1.12. The number of nitrogens with two attached hydrogens (primary N) is 1. The van der Waals surface area contributed by atoms with Crippen molar-refractivity contribution in [1.29, 1.82) is 0 Å². The highest BCUT2D eigenvalue weighted by Crippen LogP contribution is 2.24. The van der Waals surface area contributed by atoms with Crippen molar-refractivity contribution in [3.05, 3.63) is 35.0 Å². The van der Waals surface area contributed by atoms with Crippen molar-refractivity contribution in [2.45, 2.75) is 0 Å². The Morgan fingerprint density at radius 2 is 2.36 bits per heavy atom. The maximum Gasteiger partial charge on any atom is 0.132 e. The van der Waals surface area contributed by atoms with Crippen LogP contribution < -0.4 is 5.73 Å². The molecule has 0 amide bonds. The fourth-order valence-electron chi connectivity index (χ4n) is 1.39. The van der Waals surface area contributed by atoms with E-state index >= 15 is 0 Å². The van der Waals surface area contributed by atoms with E-state index < -0.39 is 0 Å². The molecule has 0 atom stereocenters. The van der Waals surface area contributed by atoms with Gasteiger partial charge in [-0.2, -0.15) is 5.10 Å². The van der Waals surface area contributed by atoms with E-state index in [4.69, 9.17) is 17.3 Å². The number of nitrogens with one attached hydrogen (secondary N) is 1. The third-order valence-corrected chi connectivity index (χ3v) is 2.28. The lowest BCUT2D eigenvalue weighted by atomic mass is 10.1. The predicted octanol–water partition coefficient (Wildman–Crippen LogP) is 2.19. The molecule has 0 aliphatic rings. The van der Waals surface area contributed by atoms with Gasteiger partial charge in [0, 0.05) is 11.9 Å². The van der Waals surface area contributed by atoms with Crippen LogP contribution in [0.2, 0.25) is 5.15 Å². The minimum atomic E-state index is 0.520. The van der Waals surface area contributed by atoms with E-state index in [0.717, 1.165) is 16.5 Å². The standard InChI is InChI=1S/C10H10ClN3/c11-10-9-7(4-2-6-12)3-1-5-8(9)13-14-10/h1-5H,6,12H2,(H,13,14)/b4-2+. The minimum Gasteiger partial charge on any atom is -0.327 e. The summed E-state index contributed by atoms with van der Waals surface area (Å²) in [5.41, 5.74) is 7.29. The summed E-state index contributed by atoms with van der Waals surface area (Å²) in [6.07, 6.45) is 3.84. The molecule has 0 saturated heterocycles. The van der Waals surface area contributed by atoms with Gasteiger partial charge in [0.05, 0.1) is 5.52 Å². The van der Waals surface area contributed by atoms with Gasteiger partial charge >= 0.3 is 0 Å². The third kappa shape index (κ3) is 1.52. The van der Waals surface area contributed by atoms with Crippen LogP contribution in [0.4, 0.5) is 0 Å². The predicted molar refractivity (Wildman–Crippen MR) is 59.2 cm³/mol. The average molecular weight is 208 g/mol. The first-order chi connectivity index (χ1) is 6.83. The van der Waals surface area contributed by atoms with Crippen LogP contribution in [0.1, 0.15) is 5.56 Å². The molecule has 2 rings (SSSR count). The summed E-state index contributed by atoms with van der Waals surface area (Å²) in [6, 6.07) is 5.84. The monoisotopic (exact) mass is 207 g/mol. The number of nitrogens with zero attached hydrogens (tertiary/aromatic N) is 1. The Labute approximate surface area is 86.6 Å². The first kappa shape index (κ1) is 9.24. The van der Waals surface area contributed by atoms with Crippen LogP contribution in [0.5, 0.6) is 0 Å². The molecule has 3 N–H and O–H groups in total. The lowest BCUT2D eigenvalue weighted by Gasteiger charge is -1.95. The molecular weight excluding hydrogens is 198 g/mol. The lowest BCUT2D eigenvalue weighted by Crippen LogP contribution is -1.91. The Balaban J connectivity index is 2.63. The summed E-state index contributed by atoms with van der Waals surface area (Å²) in [6.45, 7) is 0.520. The molecule has 2 aromatic rings. The highest BCUT2D eigenvalue weighted by molar-refractivity contribution is 6.34. The summed E-state index contributed by atoms with van der Waals surface area (Å²) in [7, 11) is 0. The zero-order chi connectivity index (χ0) is 9.97. The van der Waals surface area contributed by atoms with Crippen LogP contribution in [-0.4, -0.2) is 16.7 Å². The zero-order valence-electron chi connectivity index (χ0n) is 7.50. The maximum atomic E-state index is 5.97. The van der Waals surface area contributed by atoms with Gasteiger partial charge in [-0.15, -0.1) is 0 Å². The molecule has 4 heteroatoms. The highest BCUT2D eigenvalue weighted by Gasteiger charge is 2.05. The van der Waals surface area contributed by atoms with Gasteiger partial charge in [-0.05, 0) is 11.6 Å². The fourth-order valence-corrected chi connectivity index (χ4v) is 1.64. The largest absolute Gasteiger partial charge is 0.327 e. The molecule has 14 heavy (non-hydrogen) atoms. The molecule has 0 saturated carbocycles. The van der Waals surface area contributed by atoms with E-state index in [9.17, 15) is 0 Å². The number of H-pyrrole nitrogens is 1. The molecular formula is C10H10ClN3. The SMILES string of the molecule is NC/C=C/c1cccc2n[nH]c(Cl)c12. The Morgan fingerprint density at radius 3 is 3.14 bits per heavy atom. The van der Waals surface area contributed by atoms with Crippen molar-refractivity contribution in [3.63, 3.8) is 0 Å². The Kier molecular flexibility index (Phi) is 2.52. The topological polar surface area (TPSA) is 54.7 Å². The van der Waals surface area contributed by atoms with Gasteiger partial charge in [0.2, 0.25) is 0 Å². The van der Waals surface area contributed by atoms with Crippen molar-refractivity contribution in [1.82, 2.24) is 10.2 Å². The molecule has 0 aliphatic carbocycles. The number of hydrogen-bond donors (Lipinski definition) is 2. The first-order valence-electron chi connectivity index (χ1n) is 4.32. The van der Waals surface area contributed by atoms with Gasteiger partial charge in [0.15, 0.2) is 0 Å². The minimum absolute atomic E-state index is 0.520. The number of rotatable bonds is 2. The molecule has 1 aromatic carbocycles. The first-order valence-corrected chi connectivity index (χ1v) is 4.70. The van der Waals surface area contributed by atoms with E-state index in [2.05, 4.69) is 10.2 Å². The van der Waals surface area contributed by atoms with Crippen LogP contribution in [0.15, 0.2) is 24.3 Å². The number of halogens is 1. The number of hydrogen-bond acceptors (Lipinski definition) is 2. The Morgan fingerprint density at radius 1 is 1.50 bits per heavy atom. The van der Waals surface area contributed by atoms with Gasteiger partial charge in [0.1, 0.15) is 5.15 Å². The Bertz CT molecular complexity index is 473. The number of aromatic amines is 1. The second-order valence-corrected chi connectivity index (χ2v) is 3.29. The number of benzene rings is 1. The molecule has 0 aliphatic heterocycles. The Hall–Kier alpha value is -1.32. The second-order valence-electron chi connectivity index (χ2n) is 2.92. The van der Waals surface area contributed by atoms with Crippen molar-refractivity contribution in [3.8, 4) is 0 Å². The molecule has 0 fully saturated rings. The molecule has 72 valence electrons. The van der Waals surface area contributed by atoms with Crippen LogP contribution in [0.3, 0.4) is 0 Å². The fraction of sp³-hybridized carbons (Fsp3) is 0.100. The van der Waals surface area contributed by atoms with E-state index in [1.54, 1.807) is 0 Å². The normalized spacial score (nSPS) is 11.6. The van der Waals surface area contributed by atoms with E-state index in [-0.39, 0.29) is 0 Å². The van der Waals surface area contributed by atoms with Crippen LogP contribution >= 0.6 is 11.6 Å². The third-order valence-electron chi connectivity index (χ3n) is 2.00. The van der Waals surface area contributed by atoms with Gasteiger partial charge in [-0.3, -0.25) is 5.10 Å². The van der Waals surface area contributed by atoms with E-state index in [0.29, 0.717) is 11.7 Å². The molecule has 0 bridgehead atoms. The summed E-state index contributed by atoms with van der Waals surface area (Å²) in [4.78, 5) is 0. The van der Waals surface area contributed by atoms with Crippen LogP contribution in [0, 0.1) is 0 Å². The van der Waals surface area contributed by atoms with Crippen molar-refractivity contribution in [2.75, 3.05) is 6.54 Å². The second kappa shape index (κ2) is 3.82. The van der Waals surface area contributed by atoms with E-state index in [1.165, 1.54) is 0 Å². The van der Waals surface area contributed by atoms with Crippen molar-refractivity contribution < 1.29 is 0 Å². The average Bonchev–Trinajstić information content (AvgIpc) is 2.58. The quantitative estimate of drug-likeness (QED) is 0.793. The number of aromatic nitrogens is 2. The molecule has 0 unspecified atom stereocenters. The zero-order valence-corrected chi connectivity index (χ0v) is 8.25. The smallest absolute Gasteiger partial charge is 0.132 e. The number of fused-ring (bicyclic) bond motifs is 1. The highest BCUT2D eigenvalue weighted by atomic mass is 35.5. The molecule has 1 heterocycles. The van der Waals surface area contributed by atoms with Gasteiger partial charge in [-0.25, -0.2) is 0 Å². The maximum absolute atomic E-state index is 5.97. The van der Waals surface area contributed by atoms with Crippen LogP contribution in [0.25, 0.3) is 17.0 Å². The summed E-state index contributed by atoms with van der Waals surface area (Å²) in [5, 5.41) is 8.32. The summed E-state index contributed by atoms with van der Waals surface area (Å²) >= 11 is 5.97. The molecule has 0 radical (unpaired) electrons. The summed E-state index contributed by atoms with van der Waals surface area (Å²) in [5.74, 6) is 0. The van der Waals surface area contributed by atoms with Crippen LogP contribution in [-0.2, 0) is 0 Å².